The first-order chi connectivity index (χ1) is 1.73. The minimum Gasteiger partial charge on any atom is -2.00 e. The van der Waals surface area contributed by atoms with E-state index >= 15 is 0 Å². The van der Waals surface area contributed by atoms with Crippen molar-refractivity contribution in [1.29, 1.82) is 0 Å². The molecule has 0 fully saturated rings. The van der Waals surface area contributed by atoms with Crippen LogP contribution in [0, 0.1) is 79.9 Å². The molecule has 8 heteroatoms. The fourth-order valence-corrected chi connectivity index (χ4v) is 0. The molecule has 0 rings (SSSR count). The van der Waals surface area contributed by atoms with Crippen LogP contribution in [-0.4, -0.2) is 9.17 Å². The van der Waals surface area contributed by atoms with Crippen LogP contribution in [0.3, 0.4) is 0 Å². The zero-order chi connectivity index (χ0) is 3.58. The number of rotatable bonds is 0. The standard InChI is InChI=1S/2Gd.O3Si.2O/c;;1-4(2)3;;/q2*+3;3*-2. The van der Waals surface area contributed by atoms with Crippen LogP contribution in [-0.2, 0) is 15.4 Å². The molecule has 0 aliphatic heterocycles. The average Bonchev–Trinajstić information content (AvgIpc) is 0.811. The van der Waals surface area contributed by atoms with E-state index < -0.39 is 9.17 Å². The molecule has 0 aliphatic rings. The summed E-state index contributed by atoms with van der Waals surface area (Å²) in [5.41, 5.74) is 0. The second kappa shape index (κ2) is 22.9. The number of hydrogen-bond donors (Lipinski definition) is 0. The molecular formula is Gd2O5Si. The van der Waals surface area contributed by atoms with E-state index in [0.29, 0.717) is 0 Å². The van der Waals surface area contributed by atoms with Gasteiger partial charge in [0.25, 0.3) is 0 Å². The molecule has 2 radical (unpaired) electrons. The van der Waals surface area contributed by atoms with Gasteiger partial charge in [0, 0.05) is 9.17 Å². The Morgan fingerprint density at radius 3 is 1.00 bits per heavy atom. The summed E-state index contributed by atoms with van der Waals surface area (Å²) in [6, 6.07) is 0. The predicted molar refractivity (Wildman–Crippen MR) is 7.81 cm³/mol. The van der Waals surface area contributed by atoms with Crippen molar-refractivity contribution in [1.82, 2.24) is 0 Å². The molecule has 8 heavy (non-hydrogen) atoms. The van der Waals surface area contributed by atoms with Crippen LogP contribution in [0.4, 0.5) is 0 Å². The Balaban J connectivity index is -0.00000000750. The minimum atomic E-state index is -3.63. The molecule has 5 nitrogen and oxygen atoms in total. The van der Waals surface area contributed by atoms with Gasteiger partial charge in [0.15, 0.2) is 0 Å². The van der Waals surface area contributed by atoms with Gasteiger partial charge in [-0.05, 0) is 0 Å². The van der Waals surface area contributed by atoms with Crippen LogP contribution >= 0.6 is 0 Å². The molecule has 0 saturated heterocycles. The normalized spacial score (nSPS) is 3.00. The van der Waals surface area contributed by atoms with Gasteiger partial charge in [-0.15, -0.1) is 0 Å². The predicted octanol–water partition coefficient (Wildman–Crippen LogP) is -3.12. The Hall–Kier alpha value is 2.19. The van der Waals surface area contributed by atoms with E-state index in [1.165, 1.54) is 0 Å². The third-order valence-corrected chi connectivity index (χ3v) is 0. The maximum atomic E-state index is 8.52. The smallest absolute Gasteiger partial charge is 2.00 e. The second-order valence-electron chi connectivity index (χ2n) is 0.250. The van der Waals surface area contributed by atoms with Gasteiger partial charge in [0.05, 0.1) is 0 Å². The molecule has 0 aliphatic carbocycles. The van der Waals surface area contributed by atoms with Gasteiger partial charge in [-0.2, -0.15) is 0 Å². The van der Waals surface area contributed by atoms with Crippen molar-refractivity contribution in [3.63, 3.8) is 0 Å². The molecule has 0 saturated carbocycles. The van der Waals surface area contributed by atoms with E-state index in [4.69, 9.17) is 14.1 Å². The van der Waals surface area contributed by atoms with E-state index in [0.717, 1.165) is 0 Å². The fraction of sp³-hybridized carbons (Fsp3) is 0. The van der Waals surface area contributed by atoms with Crippen molar-refractivity contribution >= 4 is 9.17 Å². The molecule has 0 aromatic rings. The van der Waals surface area contributed by atoms with Crippen molar-refractivity contribution in [3.8, 4) is 0 Å². The monoisotopic (exact) mass is 424 g/mol. The van der Waals surface area contributed by atoms with Gasteiger partial charge in [0.2, 0.25) is 0 Å². The zero-order valence-electron chi connectivity index (χ0n) is 3.25. The fourth-order valence-electron chi connectivity index (χ4n) is 0. The third kappa shape index (κ3) is 88.4. The first-order valence-corrected chi connectivity index (χ1v) is 1.84. The number of hydrogen-bond acceptors (Lipinski definition) is 3. The van der Waals surface area contributed by atoms with Crippen LogP contribution < -0.4 is 9.59 Å². The Kier molecular flexibility index (Phi) is 91.4. The summed E-state index contributed by atoms with van der Waals surface area (Å²) in [6.45, 7) is 0. The summed E-state index contributed by atoms with van der Waals surface area (Å²) in [5.74, 6) is 0. The summed E-state index contributed by atoms with van der Waals surface area (Å²) < 4.78 is 8.52. The summed E-state index contributed by atoms with van der Waals surface area (Å²) >= 11 is 0. The van der Waals surface area contributed by atoms with Gasteiger partial charge >= 0.3 is 79.9 Å². The molecule has 0 N–H and O–H groups in total. The molecule has 0 unspecified atom stereocenters. The maximum absolute atomic E-state index is 8.52. The van der Waals surface area contributed by atoms with Crippen molar-refractivity contribution in [2.24, 2.45) is 0 Å². The molecule has 0 amide bonds. The van der Waals surface area contributed by atoms with E-state index in [-0.39, 0.29) is 90.8 Å². The van der Waals surface area contributed by atoms with Crippen LogP contribution in [0.5, 0.6) is 0 Å². The molecule has 0 heterocycles. The molecule has 0 aromatic carbocycles. The van der Waals surface area contributed by atoms with Gasteiger partial charge < -0.3 is 25.0 Å². The molecule has 0 aromatic heterocycles. The Morgan fingerprint density at radius 2 is 1.00 bits per heavy atom. The van der Waals surface area contributed by atoms with Crippen molar-refractivity contribution in [2.75, 3.05) is 0 Å². The summed E-state index contributed by atoms with van der Waals surface area (Å²) in [5, 5.41) is 0. The van der Waals surface area contributed by atoms with Gasteiger partial charge in [0.1, 0.15) is 0 Å². The molecule has 50 valence electrons. The topological polar surface area (TPSA) is 120 Å². The van der Waals surface area contributed by atoms with E-state index in [1.807, 2.05) is 0 Å². The van der Waals surface area contributed by atoms with Crippen LogP contribution in [0.1, 0.15) is 0 Å². The van der Waals surface area contributed by atoms with Crippen LogP contribution in [0.15, 0.2) is 0 Å². The zero-order valence-corrected chi connectivity index (χ0v) is 8.79. The first-order valence-electron chi connectivity index (χ1n) is 0.612. The SMILES string of the molecule is O=[Si]([O-])[O-].[Gd+3].[Gd+3].[O-2].[O-2]. The quantitative estimate of drug-likeness (QED) is 0.384. The van der Waals surface area contributed by atoms with Crippen molar-refractivity contribution in [2.45, 2.75) is 0 Å². The van der Waals surface area contributed by atoms with E-state index in [2.05, 4.69) is 0 Å². The summed E-state index contributed by atoms with van der Waals surface area (Å²) in [7, 11) is -3.63. The van der Waals surface area contributed by atoms with Crippen molar-refractivity contribution < 1.29 is 105 Å². The van der Waals surface area contributed by atoms with E-state index in [9.17, 15) is 0 Å². The Labute approximate surface area is 112 Å². The summed E-state index contributed by atoms with van der Waals surface area (Å²) in [6.07, 6.45) is 0. The Bertz CT molecular complexity index is 33.4. The minimum absolute atomic E-state index is 0. The second-order valence-corrected chi connectivity index (χ2v) is 0.750. The van der Waals surface area contributed by atoms with Crippen LogP contribution in [0.2, 0.25) is 0 Å². The molecule has 0 spiro atoms. The van der Waals surface area contributed by atoms with Gasteiger partial charge in [-0.3, -0.25) is 0 Å². The average molecular weight is 423 g/mol. The van der Waals surface area contributed by atoms with Gasteiger partial charge in [-0.25, -0.2) is 0 Å². The van der Waals surface area contributed by atoms with Crippen molar-refractivity contribution in [3.05, 3.63) is 0 Å². The summed E-state index contributed by atoms with van der Waals surface area (Å²) in [4.78, 5) is 17.0. The van der Waals surface area contributed by atoms with Crippen LogP contribution in [0.25, 0.3) is 0 Å². The molecular weight excluding hydrogens is 423 g/mol. The Morgan fingerprint density at radius 1 is 1.00 bits per heavy atom. The first kappa shape index (κ1) is 32.0. The maximum Gasteiger partial charge on any atom is 3.00 e. The van der Waals surface area contributed by atoms with Gasteiger partial charge in [-0.1, -0.05) is 0 Å². The largest absolute Gasteiger partial charge is 3.00 e. The molecule has 0 atom stereocenters. The molecule has 0 bridgehead atoms. The third-order valence-electron chi connectivity index (χ3n) is 0. The van der Waals surface area contributed by atoms with E-state index in [1.54, 1.807) is 0 Å².